The van der Waals surface area contributed by atoms with Gasteiger partial charge in [0.1, 0.15) is 5.75 Å². The highest BCUT2D eigenvalue weighted by Gasteiger charge is 2.07. The summed E-state index contributed by atoms with van der Waals surface area (Å²) in [5, 5.41) is 0. The van der Waals surface area contributed by atoms with Crippen molar-refractivity contribution >= 4 is 0 Å². The highest BCUT2D eigenvalue weighted by molar-refractivity contribution is 5.27. The maximum Gasteiger partial charge on any atom is 0.160 e. The van der Waals surface area contributed by atoms with Gasteiger partial charge in [-0.25, -0.2) is 0 Å². The first-order valence-electron chi connectivity index (χ1n) is 7.75. The van der Waals surface area contributed by atoms with E-state index < -0.39 is 0 Å². The molecule has 0 heterocycles. The minimum Gasteiger partial charge on any atom is -0.493 e. The van der Waals surface area contributed by atoms with Crippen LogP contribution in [-0.2, 0) is 15.9 Å². The maximum absolute atomic E-state index is 5.73. The second kappa shape index (κ2) is 10.7. The summed E-state index contributed by atoms with van der Waals surface area (Å²) in [6.45, 7) is 8.10. The van der Waals surface area contributed by atoms with Crippen molar-refractivity contribution in [2.24, 2.45) is 0 Å². The lowest BCUT2D eigenvalue weighted by Crippen LogP contribution is -2.20. The monoisotopic (exact) mass is 280 g/mol. The van der Waals surface area contributed by atoms with Gasteiger partial charge in [-0.05, 0) is 44.4 Å². The van der Waals surface area contributed by atoms with Crippen molar-refractivity contribution in [1.82, 2.24) is 0 Å². The zero-order valence-electron chi connectivity index (χ0n) is 13.1. The van der Waals surface area contributed by atoms with Crippen LogP contribution < -0.4 is 4.74 Å². The molecule has 0 aliphatic carbocycles. The van der Waals surface area contributed by atoms with E-state index in [2.05, 4.69) is 19.1 Å². The Labute approximate surface area is 123 Å². The van der Waals surface area contributed by atoms with Crippen molar-refractivity contribution in [2.75, 3.05) is 19.8 Å². The second-order valence-electron chi connectivity index (χ2n) is 4.72. The van der Waals surface area contributed by atoms with E-state index in [9.17, 15) is 0 Å². The first-order valence-corrected chi connectivity index (χ1v) is 7.75. The molecular weight excluding hydrogens is 252 g/mol. The molecule has 1 aromatic rings. The molecule has 1 aromatic carbocycles. The van der Waals surface area contributed by atoms with Gasteiger partial charge in [0.25, 0.3) is 0 Å². The third-order valence-corrected chi connectivity index (χ3v) is 3.07. The van der Waals surface area contributed by atoms with Gasteiger partial charge in [-0.15, -0.1) is 0 Å². The summed E-state index contributed by atoms with van der Waals surface area (Å²) in [5.41, 5.74) is 1.38. The lowest BCUT2D eigenvalue weighted by atomic mass is 10.1. The molecule has 114 valence electrons. The Bertz CT molecular complexity index is 329. The Morgan fingerprint density at radius 2 is 1.60 bits per heavy atom. The molecule has 0 atom stereocenters. The third kappa shape index (κ3) is 6.92. The lowest BCUT2D eigenvalue weighted by Gasteiger charge is -2.17. The topological polar surface area (TPSA) is 27.7 Å². The Morgan fingerprint density at radius 1 is 0.950 bits per heavy atom. The molecular formula is C17H28O3. The van der Waals surface area contributed by atoms with Gasteiger partial charge in [0, 0.05) is 19.6 Å². The number of hydrogen-bond donors (Lipinski definition) is 0. The number of benzene rings is 1. The van der Waals surface area contributed by atoms with Gasteiger partial charge < -0.3 is 14.2 Å². The molecule has 0 bridgehead atoms. The fraction of sp³-hybridized carbons (Fsp3) is 0.647. The molecule has 1 rings (SSSR count). The summed E-state index contributed by atoms with van der Waals surface area (Å²) in [6.07, 6.45) is 4.21. The van der Waals surface area contributed by atoms with Crippen molar-refractivity contribution < 1.29 is 14.2 Å². The van der Waals surface area contributed by atoms with Crippen LogP contribution in [0.5, 0.6) is 5.75 Å². The smallest absolute Gasteiger partial charge is 0.160 e. The van der Waals surface area contributed by atoms with Crippen molar-refractivity contribution in [1.29, 1.82) is 0 Å². The molecule has 0 amide bonds. The number of hydrogen-bond acceptors (Lipinski definition) is 3. The second-order valence-corrected chi connectivity index (χ2v) is 4.72. The van der Waals surface area contributed by atoms with Gasteiger partial charge in [0.15, 0.2) is 6.29 Å². The number of rotatable bonds is 11. The quantitative estimate of drug-likeness (QED) is 0.569. The molecule has 3 nitrogen and oxygen atoms in total. The summed E-state index contributed by atoms with van der Waals surface area (Å²) in [7, 11) is 0. The first-order chi connectivity index (χ1) is 9.80. The molecule has 0 aliphatic rings. The van der Waals surface area contributed by atoms with Gasteiger partial charge in [0.05, 0.1) is 6.61 Å². The minimum absolute atomic E-state index is 0.158. The predicted octanol–water partition coefficient (Wildman–Crippen LogP) is 4.20. The minimum atomic E-state index is -0.158. The summed E-state index contributed by atoms with van der Waals surface area (Å²) in [5.74, 6) is 0.914. The molecule has 3 heteroatoms. The molecule has 0 saturated heterocycles. The highest BCUT2D eigenvalue weighted by atomic mass is 16.7. The molecule has 0 aromatic heterocycles. The largest absolute Gasteiger partial charge is 0.493 e. The van der Waals surface area contributed by atoms with Gasteiger partial charge in [0.2, 0.25) is 0 Å². The fourth-order valence-corrected chi connectivity index (χ4v) is 1.99. The van der Waals surface area contributed by atoms with E-state index in [1.54, 1.807) is 0 Å². The lowest BCUT2D eigenvalue weighted by molar-refractivity contribution is -0.142. The molecule has 0 saturated carbocycles. The van der Waals surface area contributed by atoms with Crippen LogP contribution in [0.4, 0.5) is 0 Å². The first kappa shape index (κ1) is 17.0. The van der Waals surface area contributed by atoms with Crippen molar-refractivity contribution in [2.45, 2.75) is 52.7 Å². The summed E-state index contributed by atoms with van der Waals surface area (Å²) in [4.78, 5) is 0. The van der Waals surface area contributed by atoms with Gasteiger partial charge >= 0.3 is 0 Å². The molecule has 0 spiro atoms. The predicted molar refractivity (Wildman–Crippen MR) is 82.2 cm³/mol. The summed E-state index contributed by atoms with van der Waals surface area (Å²) < 4.78 is 16.7. The van der Waals surface area contributed by atoms with Crippen LogP contribution in [0.25, 0.3) is 0 Å². The van der Waals surface area contributed by atoms with Crippen LogP contribution in [0.3, 0.4) is 0 Å². The molecule has 0 aliphatic heterocycles. The Morgan fingerprint density at radius 3 is 2.15 bits per heavy atom. The molecule has 0 radical (unpaired) electrons. The molecule has 20 heavy (non-hydrogen) atoms. The van der Waals surface area contributed by atoms with Crippen LogP contribution in [0.1, 0.15) is 45.6 Å². The van der Waals surface area contributed by atoms with E-state index in [1.165, 1.54) is 18.4 Å². The Balaban J connectivity index is 2.30. The van der Waals surface area contributed by atoms with E-state index in [-0.39, 0.29) is 6.29 Å². The average molecular weight is 280 g/mol. The van der Waals surface area contributed by atoms with Crippen LogP contribution in [0.15, 0.2) is 24.3 Å². The standard InChI is InChI=1S/C17H28O3/c1-4-7-8-15-9-11-16(12-10-15)20-14-13-17(18-5-2)19-6-3/h9-12,17H,4-8,13-14H2,1-3H3. The van der Waals surface area contributed by atoms with Crippen LogP contribution >= 0.6 is 0 Å². The van der Waals surface area contributed by atoms with Gasteiger partial charge in [-0.2, -0.15) is 0 Å². The SMILES string of the molecule is CCCCc1ccc(OCCC(OCC)OCC)cc1. The average Bonchev–Trinajstić information content (AvgIpc) is 2.47. The highest BCUT2D eigenvalue weighted by Crippen LogP contribution is 2.14. The summed E-state index contributed by atoms with van der Waals surface area (Å²) in [6, 6.07) is 8.38. The number of unbranched alkanes of at least 4 members (excludes halogenated alkanes) is 1. The van der Waals surface area contributed by atoms with Gasteiger partial charge in [-0.1, -0.05) is 25.5 Å². The van der Waals surface area contributed by atoms with Crippen LogP contribution in [0.2, 0.25) is 0 Å². The van der Waals surface area contributed by atoms with Crippen molar-refractivity contribution in [3.63, 3.8) is 0 Å². The maximum atomic E-state index is 5.73. The van der Waals surface area contributed by atoms with E-state index in [4.69, 9.17) is 14.2 Å². The van der Waals surface area contributed by atoms with Crippen LogP contribution in [-0.4, -0.2) is 26.1 Å². The molecule has 0 fully saturated rings. The van der Waals surface area contributed by atoms with E-state index >= 15 is 0 Å². The normalized spacial score (nSPS) is 11.0. The molecule has 0 unspecified atom stereocenters. The third-order valence-electron chi connectivity index (χ3n) is 3.07. The zero-order chi connectivity index (χ0) is 14.6. The van der Waals surface area contributed by atoms with Crippen molar-refractivity contribution in [3.8, 4) is 5.75 Å². The van der Waals surface area contributed by atoms with Crippen LogP contribution in [0, 0.1) is 0 Å². The van der Waals surface area contributed by atoms with E-state index in [0.29, 0.717) is 19.8 Å². The van der Waals surface area contributed by atoms with E-state index in [0.717, 1.165) is 18.6 Å². The van der Waals surface area contributed by atoms with Gasteiger partial charge in [-0.3, -0.25) is 0 Å². The summed E-state index contributed by atoms with van der Waals surface area (Å²) >= 11 is 0. The molecule has 0 N–H and O–H groups in total. The number of aryl methyl sites for hydroxylation is 1. The Kier molecular flexibility index (Phi) is 9.09. The number of ether oxygens (including phenoxy) is 3. The zero-order valence-corrected chi connectivity index (χ0v) is 13.1. The van der Waals surface area contributed by atoms with Crippen molar-refractivity contribution in [3.05, 3.63) is 29.8 Å². The van der Waals surface area contributed by atoms with E-state index in [1.807, 2.05) is 26.0 Å². The fourth-order valence-electron chi connectivity index (χ4n) is 1.99. The Hall–Kier alpha value is -1.06.